The number of rotatable bonds is 32. The van der Waals surface area contributed by atoms with Crippen LogP contribution in [0.4, 0.5) is 0 Å². The van der Waals surface area contributed by atoms with E-state index in [0.29, 0.717) is 19.3 Å². The number of aliphatic hydroxyl groups excluding tert-OH is 1. The van der Waals surface area contributed by atoms with Crippen LogP contribution in [-0.4, -0.2) is 52.3 Å². The van der Waals surface area contributed by atoms with Crippen LogP contribution in [0.2, 0.25) is 0 Å². The third-order valence-electron chi connectivity index (χ3n) is 7.69. The Morgan fingerprint density at radius 2 is 1.32 bits per heavy atom. The fourth-order valence-corrected chi connectivity index (χ4v) is 5.28. The minimum Gasteiger partial charge on any atom is -0.462 e. The maximum absolute atomic E-state index is 12.3. The van der Waals surface area contributed by atoms with Crippen LogP contribution in [0.1, 0.15) is 156 Å². The molecule has 3 N–H and O–H groups in total. The Morgan fingerprint density at radius 1 is 0.702 bits per heavy atom. The summed E-state index contributed by atoms with van der Waals surface area (Å²) >= 11 is 0. The molecule has 0 saturated carbocycles. The fraction of sp³-hybridized carbons (Fsp3) is 0.784. The first-order valence-corrected chi connectivity index (χ1v) is 19.8. The van der Waals surface area contributed by atoms with Crippen LogP contribution in [0.3, 0.4) is 0 Å². The Balaban J connectivity index is 4.18. The van der Waals surface area contributed by atoms with Crippen molar-refractivity contribution in [1.82, 2.24) is 0 Å². The highest BCUT2D eigenvalue weighted by Gasteiger charge is 2.23. The molecule has 0 aliphatic rings. The van der Waals surface area contributed by atoms with E-state index >= 15 is 0 Å². The van der Waals surface area contributed by atoms with E-state index < -0.39 is 38.6 Å². The summed E-state index contributed by atoms with van der Waals surface area (Å²) in [6.45, 7) is 5.76. The molecule has 47 heavy (non-hydrogen) atoms. The Kier molecular flexibility index (Phi) is 30.3. The van der Waals surface area contributed by atoms with Crippen molar-refractivity contribution in [3.63, 3.8) is 0 Å². The number of carbonyl (C=O) groups is 2. The van der Waals surface area contributed by atoms with Crippen LogP contribution >= 0.6 is 7.82 Å². The topological polar surface area (TPSA) is 140 Å². The van der Waals surface area contributed by atoms with Gasteiger partial charge in [-0.3, -0.25) is 14.1 Å². The summed E-state index contributed by atoms with van der Waals surface area (Å²) < 4.78 is 26.1. The summed E-state index contributed by atoms with van der Waals surface area (Å²) in [5.74, 6) is -0.328. The van der Waals surface area contributed by atoms with Gasteiger partial charge in [-0.25, -0.2) is 4.57 Å². The van der Waals surface area contributed by atoms with Gasteiger partial charge in [0.2, 0.25) is 0 Å². The third kappa shape index (κ3) is 35.4. The molecule has 0 bridgehead atoms. The molecule has 0 rings (SSSR count). The van der Waals surface area contributed by atoms with Gasteiger partial charge in [0.25, 0.3) is 0 Å². The first kappa shape index (κ1) is 45.2. The molecule has 0 aromatic carbocycles. The molecular weight excluding hydrogens is 619 g/mol. The fourth-order valence-electron chi connectivity index (χ4n) is 4.92. The number of ether oxygens (including phenoxy) is 2. The first-order chi connectivity index (χ1) is 22.5. The summed E-state index contributed by atoms with van der Waals surface area (Å²) in [6, 6.07) is 0. The summed E-state index contributed by atoms with van der Waals surface area (Å²) in [7, 11) is -4.79. The van der Waals surface area contributed by atoms with E-state index in [4.69, 9.17) is 19.3 Å². The van der Waals surface area contributed by atoms with Gasteiger partial charge in [0.15, 0.2) is 6.10 Å². The molecule has 0 aliphatic carbocycles. The zero-order valence-electron chi connectivity index (χ0n) is 29.7. The van der Waals surface area contributed by atoms with E-state index in [0.717, 1.165) is 38.0 Å². The smallest absolute Gasteiger partial charge is 0.462 e. The number of phosphoric ester groups is 1. The summed E-state index contributed by atoms with van der Waals surface area (Å²) in [5, 5.41) is 10.1. The largest absolute Gasteiger partial charge is 0.469 e. The van der Waals surface area contributed by atoms with Crippen LogP contribution < -0.4 is 0 Å². The van der Waals surface area contributed by atoms with Crippen molar-refractivity contribution in [3.05, 3.63) is 36.5 Å². The van der Waals surface area contributed by atoms with Crippen molar-refractivity contribution < 1.29 is 43.0 Å². The zero-order chi connectivity index (χ0) is 35.0. The minimum absolute atomic E-state index is 0.0435. The monoisotopic (exact) mass is 686 g/mol. The highest BCUT2D eigenvalue weighted by molar-refractivity contribution is 7.46. The van der Waals surface area contributed by atoms with Gasteiger partial charge in [0.1, 0.15) is 6.61 Å². The molecule has 274 valence electrons. The van der Waals surface area contributed by atoms with Crippen molar-refractivity contribution in [2.45, 2.75) is 168 Å². The van der Waals surface area contributed by atoms with Crippen molar-refractivity contribution in [1.29, 1.82) is 0 Å². The highest BCUT2D eigenvalue weighted by Crippen LogP contribution is 2.36. The lowest BCUT2D eigenvalue weighted by atomic mass is 10.0. The van der Waals surface area contributed by atoms with Gasteiger partial charge in [-0.1, -0.05) is 141 Å². The number of phosphoric acid groups is 1. The summed E-state index contributed by atoms with van der Waals surface area (Å²) in [6.07, 6.45) is 30.6. The Labute approximate surface area is 285 Å². The number of carbonyl (C=O) groups excluding carboxylic acids is 2. The van der Waals surface area contributed by atoms with Crippen LogP contribution in [0.5, 0.6) is 0 Å². The number of esters is 2. The Hall–Kier alpha value is -1.77. The molecule has 9 nitrogen and oxygen atoms in total. The average molecular weight is 687 g/mol. The van der Waals surface area contributed by atoms with Crippen LogP contribution in [0, 0.1) is 5.92 Å². The van der Waals surface area contributed by atoms with Gasteiger partial charge >= 0.3 is 19.8 Å². The highest BCUT2D eigenvalue weighted by atomic mass is 31.2. The van der Waals surface area contributed by atoms with E-state index in [1.807, 2.05) is 12.2 Å². The maximum atomic E-state index is 12.3. The van der Waals surface area contributed by atoms with E-state index in [9.17, 15) is 19.3 Å². The second-order valence-electron chi connectivity index (χ2n) is 12.9. The summed E-state index contributed by atoms with van der Waals surface area (Å²) in [4.78, 5) is 42.6. The lowest BCUT2D eigenvalue weighted by Crippen LogP contribution is -2.29. The maximum Gasteiger partial charge on any atom is 0.469 e. The second-order valence-corrected chi connectivity index (χ2v) is 14.1. The second kappa shape index (κ2) is 31.5. The number of aliphatic hydroxyl groups is 1. The molecule has 0 fully saturated rings. The molecule has 0 aliphatic heterocycles. The van der Waals surface area contributed by atoms with Crippen molar-refractivity contribution >= 4 is 19.8 Å². The molecule has 0 heterocycles. The van der Waals surface area contributed by atoms with Crippen molar-refractivity contribution in [2.24, 2.45) is 5.92 Å². The quantitative estimate of drug-likeness (QED) is 0.0208. The van der Waals surface area contributed by atoms with Crippen molar-refractivity contribution in [2.75, 3.05) is 13.2 Å². The molecule has 0 radical (unpaired) electrons. The molecule has 0 saturated heterocycles. The molecule has 1 unspecified atom stereocenters. The third-order valence-corrected chi connectivity index (χ3v) is 8.18. The zero-order valence-corrected chi connectivity index (χ0v) is 30.6. The SMILES string of the molecule is CCCCCCCC/C=C/C/C=C/C=C/C(O)CCCC(=O)OC[C@H](COP(=O)(O)O)OC(=O)CCCCCCCCCCC(C)C. The van der Waals surface area contributed by atoms with Gasteiger partial charge in [-0.15, -0.1) is 0 Å². The van der Waals surface area contributed by atoms with Crippen molar-refractivity contribution in [3.8, 4) is 0 Å². The van der Waals surface area contributed by atoms with Crippen LogP contribution in [0.15, 0.2) is 36.5 Å². The number of hydrogen-bond donors (Lipinski definition) is 3. The standard InChI is InChI=1S/C37H67O9P/c1-4-5-6-7-8-9-10-11-12-13-17-20-23-27-34(38)28-25-30-36(39)44-31-35(32-45-47(41,42)43)46-37(40)29-24-21-18-15-14-16-19-22-26-33(2)3/h11-12,17,20,23,27,33-35,38H,4-10,13-16,18-19,21-22,24-26,28-32H2,1-3H3,(H2,41,42,43)/b12-11+,20-17+,27-23+/t34?,35-/m1/s1. The van der Waals surface area contributed by atoms with Gasteiger partial charge < -0.3 is 24.4 Å². The van der Waals surface area contributed by atoms with Gasteiger partial charge in [0.05, 0.1) is 12.7 Å². The lowest BCUT2D eigenvalue weighted by Gasteiger charge is -2.18. The number of hydrogen-bond acceptors (Lipinski definition) is 7. The number of unbranched alkanes of at least 4 members (excludes halogenated alkanes) is 13. The van der Waals surface area contributed by atoms with Gasteiger partial charge in [-0.05, 0) is 44.4 Å². The van der Waals surface area contributed by atoms with E-state index in [2.05, 4.69) is 37.4 Å². The van der Waals surface area contributed by atoms with E-state index in [-0.39, 0.29) is 19.4 Å². The molecule has 2 atom stereocenters. The molecular formula is C37H67O9P. The lowest BCUT2D eigenvalue weighted by molar-refractivity contribution is -0.161. The predicted octanol–water partition coefficient (Wildman–Crippen LogP) is 9.45. The van der Waals surface area contributed by atoms with Gasteiger partial charge in [0, 0.05) is 12.8 Å². The van der Waals surface area contributed by atoms with E-state index in [1.54, 1.807) is 12.2 Å². The molecule has 10 heteroatoms. The van der Waals surface area contributed by atoms with Gasteiger partial charge in [-0.2, -0.15) is 0 Å². The average Bonchev–Trinajstić information content (AvgIpc) is 3.01. The molecule has 0 aromatic heterocycles. The van der Waals surface area contributed by atoms with E-state index in [1.165, 1.54) is 70.6 Å². The molecule has 0 spiro atoms. The Bertz CT molecular complexity index is 894. The summed E-state index contributed by atoms with van der Waals surface area (Å²) in [5.41, 5.74) is 0. The normalized spacial score (nSPS) is 13.7. The number of allylic oxidation sites excluding steroid dienone is 5. The minimum atomic E-state index is -4.79. The van der Waals surface area contributed by atoms with Crippen LogP contribution in [-0.2, 0) is 28.2 Å². The molecule has 0 amide bonds. The molecule has 0 aromatic rings. The first-order valence-electron chi connectivity index (χ1n) is 18.2. The van der Waals surface area contributed by atoms with Crippen LogP contribution in [0.25, 0.3) is 0 Å². The Morgan fingerprint density at radius 3 is 1.98 bits per heavy atom. The predicted molar refractivity (Wildman–Crippen MR) is 190 cm³/mol.